The van der Waals surface area contributed by atoms with Gasteiger partial charge in [0.25, 0.3) is 0 Å². The highest BCUT2D eigenvalue weighted by Crippen LogP contribution is 2.35. The Bertz CT molecular complexity index is 1160. The average Bonchev–Trinajstić information content (AvgIpc) is 3.31. The quantitative estimate of drug-likeness (QED) is 0.585. The van der Waals surface area contributed by atoms with Crippen molar-refractivity contribution in [3.63, 3.8) is 0 Å². The number of hydrogen-bond acceptors (Lipinski definition) is 4. The van der Waals surface area contributed by atoms with Gasteiger partial charge in [-0.25, -0.2) is 4.98 Å². The van der Waals surface area contributed by atoms with E-state index in [1.165, 1.54) is 0 Å². The van der Waals surface area contributed by atoms with Crippen LogP contribution in [0.5, 0.6) is 0 Å². The third-order valence-corrected chi connectivity index (χ3v) is 5.23. The zero-order valence-electron chi connectivity index (χ0n) is 15.3. The number of fused-ring (bicyclic) bond motifs is 2. The zero-order chi connectivity index (χ0) is 19.1. The number of nitrogens with zero attached hydrogens (tertiary/aromatic N) is 2. The van der Waals surface area contributed by atoms with Crippen LogP contribution in [0.4, 0.5) is 11.5 Å². The Morgan fingerprint density at radius 2 is 2.00 bits per heavy atom. The third kappa shape index (κ3) is 2.81. The van der Waals surface area contributed by atoms with Gasteiger partial charge in [-0.1, -0.05) is 24.3 Å². The zero-order valence-corrected chi connectivity index (χ0v) is 15.3. The molecule has 28 heavy (non-hydrogen) atoms. The molecule has 5 nitrogen and oxygen atoms in total. The minimum absolute atomic E-state index is 0.384. The number of pyridine rings is 1. The molecule has 0 radical (unpaired) electrons. The molecule has 5 heteroatoms. The van der Waals surface area contributed by atoms with Gasteiger partial charge in [0.2, 0.25) is 5.91 Å². The van der Waals surface area contributed by atoms with Gasteiger partial charge < -0.3 is 15.1 Å². The van der Waals surface area contributed by atoms with Gasteiger partial charge in [-0.15, -0.1) is 0 Å². The first-order valence-electron chi connectivity index (χ1n) is 9.31. The lowest BCUT2D eigenvalue weighted by molar-refractivity contribution is 0.0999. The molecule has 0 bridgehead atoms. The van der Waals surface area contributed by atoms with Gasteiger partial charge >= 0.3 is 0 Å². The summed E-state index contributed by atoms with van der Waals surface area (Å²) in [6.07, 6.45) is 3.30. The van der Waals surface area contributed by atoms with Gasteiger partial charge in [0.1, 0.15) is 17.2 Å². The SMILES string of the molecule is NC(=O)c1cccc2c1CCN2c1cc(Cc2cc3ccccc3o2)ccn1. The van der Waals surface area contributed by atoms with E-state index in [4.69, 9.17) is 10.2 Å². The Morgan fingerprint density at radius 1 is 1.11 bits per heavy atom. The first kappa shape index (κ1) is 16.6. The Balaban J connectivity index is 1.46. The van der Waals surface area contributed by atoms with Crippen LogP contribution in [-0.2, 0) is 12.8 Å². The van der Waals surface area contributed by atoms with E-state index in [0.29, 0.717) is 12.0 Å². The summed E-state index contributed by atoms with van der Waals surface area (Å²) in [4.78, 5) is 18.4. The van der Waals surface area contributed by atoms with Crippen molar-refractivity contribution in [2.24, 2.45) is 5.73 Å². The van der Waals surface area contributed by atoms with Crippen molar-refractivity contribution in [2.75, 3.05) is 11.4 Å². The molecular weight excluding hydrogens is 350 g/mol. The van der Waals surface area contributed by atoms with Crippen LogP contribution in [0.3, 0.4) is 0 Å². The second-order valence-electron chi connectivity index (χ2n) is 7.02. The van der Waals surface area contributed by atoms with E-state index >= 15 is 0 Å². The summed E-state index contributed by atoms with van der Waals surface area (Å²) in [7, 11) is 0. The molecule has 4 aromatic rings. The predicted octanol–water partition coefficient (Wildman–Crippen LogP) is 4.21. The number of primary amides is 1. The summed E-state index contributed by atoms with van der Waals surface area (Å²) in [5, 5.41) is 1.11. The highest BCUT2D eigenvalue weighted by molar-refractivity contribution is 5.96. The number of furan rings is 1. The molecular formula is C23H19N3O2. The topological polar surface area (TPSA) is 72.4 Å². The van der Waals surface area contributed by atoms with E-state index in [1.54, 1.807) is 6.07 Å². The number of amides is 1. The molecule has 2 N–H and O–H groups in total. The maximum absolute atomic E-state index is 11.7. The van der Waals surface area contributed by atoms with Crippen molar-refractivity contribution in [2.45, 2.75) is 12.8 Å². The van der Waals surface area contributed by atoms with Crippen LogP contribution in [-0.4, -0.2) is 17.4 Å². The first-order valence-corrected chi connectivity index (χ1v) is 9.31. The molecule has 0 saturated carbocycles. The van der Waals surface area contributed by atoms with Crippen LogP contribution < -0.4 is 10.6 Å². The fraction of sp³-hybridized carbons (Fsp3) is 0.130. The van der Waals surface area contributed by atoms with E-state index in [1.807, 2.05) is 42.6 Å². The van der Waals surface area contributed by atoms with Crippen molar-refractivity contribution >= 4 is 28.4 Å². The molecule has 1 aliphatic heterocycles. The largest absolute Gasteiger partial charge is 0.461 e. The number of carbonyl (C=O) groups excluding carboxylic acids is 1. The van der Waals surface area contributed by atoms with Crippen molar-refractivity contribution in [3.8, 4) is 0 Å². The lowest BCUT2D eigenvalue weighted by Gasteiger charge is -2.19. The Hall–Kier alpha value is -3.60. The van der Waals surface area contributed by atoms with E-state index < -0.39 is 0 Å². The van der Waals surface area contributed by atoms with Gasteiger partial charge in [-0.2, -0.15) is 0 Å². The van der Waals surface area contributed by atoms with Gasteiger partial charge in [0, 0.05) is 35.8 Å². The summed E-state index contributed by atoms with van der Waals surface area (Å²) >= 11 is 0. The number of para-hydroxylation sites is 1. The van der Waals surface area contributed by atoms with Crippen molar-refractivity contribution < 1.29 is 9.21 Å². The number of aromatic nitrogens is 1. The molecule has 0 saturated heterocycles. The normalized spacial score (nSPS) is 13.1. The van der Waals surface area contributed by atoms with Crippen molar-refractivity contribution in [3.05, 3.63) is 89.3 Å². The van der Waals surface area contributed by atoms with Crippen LogP contribution in [0.25, 0.3) is 11.0 Å². The molecule has 1 amide bonds. The minimum atomic E-state index is -0.384. The molecule has 5 rings (SSSR count). The second kappa shape index (κ2) is 6.53. The molecule has 138 valence electrons. The number of benzene rings is 2. The molecule has 0 unspecified atom stereocenters. The molecule has 0 spiro atoms. The van der Waals surface area contributed by atoms with Gasteiger partial charge in [-0.3, -0.25) is 4.79 Å². The summed E-state index contributed by atoms with van der Waals surface area (Å²) in [6.45, 7) is 0.778. The van der Waals surface area contributed by atoms with Crippen LogP contribution >= 0.6 is 0 Å². The van der Waals surface area contributed by atoms with Crippen LogP contribution in [0.15, 0.2) is 71.3 Å². The summed E-state index contributed by atoms with van der Waals surface area (Å²) < 4.78 is 5.95. The molecule has 0 fully saturated rings. The summed E-state index contributed by atoms with van der Waals surface area (Å²) in [5.74, 6) is 1.41. The molecule has 2 aromatic heterocycles. The molecule has 2 aromatic carbocycles. The van der Waals surface area contributed by atoms with Gasteiger partial charge in [-0.05, 0) is 53.9 Å². The maximum Gasteiger partial charge on any atom is 0.249 e. The fourth-order valence-corrected chi connectivity index (χ4v) is 3.95. The van der Waals surface area contributed by atoms with Crippen LogP contribution in [0, 0.1) is 0 Å². The summed E-state index contributed by atoms with van der Waals surface area (Å²) in [6, 6.07) is 19.9. The van der Waals surface area contributed by atoms with E-state index in [-0.39, 0.29) is 5.91 Å². The fourth-order valence-electron chi connectivity index (χ4n) is 3.95. The smallest absolute Gasteiger partial charge is 0.249 e. The number of rotatable bonds is 4. The van der Waals surface area contributed by atoms with Crippen molar-refractivity contribution in [1.82, 2.24) is 4.98 Å². The minimum Gasteiger partial charge on any atom is -0.461 e. The van der Waals surface area contributed by atoms with Gasteiger partial charge in [0.05, 0.1) is 0 Å². The summed E-state index contributed by atoms with van der Waals surface area (Å²) in [5.41, 5.74) is 10.2. The number of carbonyl (C=O) groups is 1. The molecule has 0 atom stereocenters. The van der Waals surface area contributed by atoms with Crippen molar-refractivity contribution in [1.29, 1.82) is 0 Å². The molecule has 3 heterocycles. The van der Waals surface area contributed by atoms with Crippen LogP contribution in [0.2, 0.25) is 0 Å². The number of anilines is 2. The van der Waals surface area contributed by atoms with Crippen LogP contribution in [0.1, 0.15) is 27.2 Å². The highest BCUT2D eigenvalue weighted by Gasteiger charge is 2.25. The Labute approximate surface area is 162 Å². The predicted molar refractivity (Wildman–Crippen MR) is 109 cm³/mol. The Kier molecular flexibility index (Phi) is 3.86. The second-order valence-corrected chi connectivity index (χ2v) is 7.02. The average molecular weight is 369 g/mol. The number of hydrogen-bond donors (Lipinski definition) is 1. The highest BCUT2D eigenvalue weighted by atomic mass is 16.3. The van der Waals surface area contributed by atoms with E-state index in [2.05, 4.69) is 28.1 Å². The van der Waals surface area contributed by atoms with E-state index in [0.717, 1.165) is 52.3 Å². The lowest BCUT2D eigenvalue weighted by atomic mass is 10.0. The van der Waals surface area contributed by atoms with E-state index in [9.17, 15) is 4.79 Å². The Morgan fingerprint density at radius 3 is 2.86 bits per heavy atom. The molecule has 0 aliphatic carbocycles. The third-order valence-electron chi connectivity index (χ3n) is 5.23. The lowest BCUT2D eigenvalue weighted by Crippen LogP contribution is -2.15. The monoisotopic (exact) mass is 369 g/mol. The van der Waals surface area contributed by atoms with Gasteiger partial charge in [0.15, 0.2) is 0 Å². The molecule has 1 aliphatic rings. The maximum atomic E-state index is 11.7. The standard InChI is InChI=1S/C23H19N3O2/c24-23(27)19-5-3-6-20-18(19)9-11-26(20)22-13-15(8-10-25-22)12-17-14-16-4-1-2-7-21(16)28-17/h1-8,10,13-14H,9,11-12H2,(H2,24,27). The first-order chi connectivity index (χ1) is 13.7. The number of nitrogens with two attached hydrogens (primary N) is 1.